The molecule has 0 aromatic carbocycles. The number of hydrogen-bond donors (Lipinski definition) is 1. The minimum Gasteiger partial charge on any atom is -0.302 e. The van der Waals surface area contributed by atoms with E-state index in [0.717, 1.165) is 65.4 Å². The van der Waals surface area contributed by atoms with Gasteiger partial charge in [0.05, 0.1) is 22.0 Å². The zero-order valence-corrected chi connectivity index (χ0v) is 16.7. The Morgan fingerprint density at radius 1 is 1.30 bits per heavy atom. The molecule has 27 heavy (non-hydrogen) atoms. The largest absolute Gasteiger partial charge is 0.302 e. The SMILES string of the molecule is CCc1ccc(-c2nn(CC)c3c2CCCc2nc(NC(C)=O)sc2-3)cn1. The fourth-order valence-corrected chi connectivity index (χ4v) is 4.70. The van der Waals surface area contributed by atoms with Gasteiger partial charge < -0.3 is 5.32 Å². The zero-order valence-electron chi connectivity index (χ0n) is 15.9. The number of anilines is 1. The highest BCUT2D eigenvalue weighted by atomic mass is 32.1. The first-order chi connectivity index (χ1) is 13.1. The lowest BCUT2D eigenvalue weighted by Crippen LogP contribution is -2.05. The number of amides is 1. The molecule has 0 aliphatic heterocycles. The molecule has 0 fully saturated rings. The van der Waals surface area contributed by atoms with Gasteiger partial charge in [-0.3, -0.25) is 14.5 Å². The second kappa shape index (κ2) is 7.23. The molecule has 0 atom stereocenters. The van der Waals surface area contributed by atoms with Crippen LogP contribution in [0.4, 0.5) is 5.13 Å². The fourth-order valence-electron chi connectivity index (χ4n) is 3.57. The van der Waals surface area contributed by atoms with Crippen LogP contribution in [0.1, 0.15) is 44.1 Å². The van der Waals surface area contributed by atoms with Gasteiger partial charge in [-0.2, -0.15) is 5.10 Å². The van der Waals surface area contributed by atoms with Crippen LogP contribution in [-0.2, 0) is 30.6 Å². The van der Waals surface area contributed by atoms with E-state index in [1.54, 1.807) is 11.3 Å². The summed E-state index contributed by atoms with van der Waals surface area (Å²) in [4.78, 5) is 21.8. The average molecular weight is 382 g/mol. The number of aromatic nitrogens is 4. The van der Waals surface area contributed by atoms with Gasteiger partial charge in [-0.05, 0) is 44.7 Å². The predicted molar refractivity (Wildman–Crippen MR) is 108 cm³/mol. The molecule has 0 radical (unpaired) electrons. The summed E-state index contributed by atoms with van der Waals surface area (Å²) < 4.78 is 2.07. The van der Waals surface area contributed by atoms with Crippen molar-refractivity contribution < 1.29 is 4.79 Å². The number of nitrogens with one attached hydrogen (secondary N) is 1. The van der Waals surface area contributed by atoms with Crippen LogP contribution in [0.3, 0.4) is 0 Å². The van der Waals surface area contributed by atoms with Crippen molar-refractivity contribution in [2.75, 3.05) is 5.32 Å². The summed E-state index contributed by atoms with van der Waals surface area (Å²) in [5, 5.41) is 8.41. The van der Waals surface area contributed by atoms with Gasteiger partial charge in [0.2, 0.25) is 5.91 Å². The van der Waals surface area contributed by atoms with Gasteiger partial charge >= 0.3 is 0 Å². The van der Waals surface area contributed by atoms with Crippen molar-refractivity contribution in [1.29, 1.82) is 0 Å². The lowest BCUT2D eigenvalue weighted by Gasteiger charge is -2.04. The Morgan fingerprint density at radius 3 is 2.81 bits per heavy atom. The lowest BCUT2D eigenvalue weighted by atomic mass is 10.0. The van der Waals surface area contributed by atoms with E-state index in [1.165, 1.54) is 12.5 Å². The summed E-state index contributed by atoms with van der Waals surface area (Å²) in [6.07, 6.45) is 5.77. The van der Waals surface area contributed by atoms with Gasteiger partial charge in [-0.1, -0.05) is 18.3 Å². The number of carbonyl (C=O) groups excluding carboxylic acids is 1. The second-order valence-corrected chi connectivity index (χ2v) is 7.71. The molecule has 1 amide bonds. The number of rotatable bonds is 4. The van der Waals surface area contributed by atoms with Crippen LogP contribution >= 0.6 is 11.3 Å². The van der Waals surface area contributed by atoms with Crippen molar-refractivity contribution in [3.05, 3.63) is 35.3 Å². The first-order valence-corrected chi connectivity index (χ1v) is 10.2. The molecule has 0 bridgehead atoms. The standard InChI is InChI=1S/C20H23N5OS/c1-4-14-10-9-13(11-21-14)17-15-7-6-8-16-19(18(15)25(5-2)24-17)27-20(23-16)22-12(3)26/h9-11H,4-8H2,1-3H3,(H,22,23,26). The van der Waals surface area contributed by atoms with Crippen molar-refractivity contribution in [1.82, 2.24) is 19.7 Å². The maximum absolute atomic E-state index is 11.4. The molecule has 4 rings (SSSR count). The number of nitrogens with zero attached hydrogens (tertiary/aromatic N) is 4. The van der Waals surface area contributed by atoms with Crippen molar-refractivity contribution in [2.24, 2.45) is 0 Å². The molecule has 0 unspecified atom stereocenters. The fraction of sp³-hybridized carbons (Fsp3) is 0.400. The van der Waals surface area contributed by atoms with Crippen LogP contribution in [0.2, 0.25) is 0 Å². The Balaban J connectivity index is 1.85. The molecule has 1 aliphatic rings. The van der Waals surface area contributed by atoms with E-state index in [-0.39, 0.29) is 5.91 Å². The van der Waals surface area contributed by atoms with Gasteiger partial charge in [0, 0.05) is 36.5 Å². The third-order valence-electron chi connectivity index (χ3n) is 4.85. The average Bonchev–Trinajstić information content (AvgIpc) is 3.17. The third-order valence-corrected chi connectivity index (χ3v) is 5.87. The number of thiazole rings is 1. The molecule has 3 aromatic heterocycles. The molecule has 140 valence electrons. The smallest absolute Gasteiger partial charge is 0.223 e. The van der Waals surface area contributed by atoms with E-state index in [9.17, 15) is 4.79 Å². The molecule has 0 spiro atoms. The molecule has 0 saturated heterocycles. The summed E-state index contributed by atoms with van der Waals surface area (Å²) in [5.74, 6) is -0.0918. The molecule has 1 N–H and O–H groups in total. The Bertz CT molecular complexity index is 987. The number of aryl methyl sites for hydroxylation is 3. The van der Waals surface area contributed by atoms with Gasteiger partial charge in [0.25, 0.3) is 0 Å². The van der Waals surface area contributed by atoms with E-state index in [0.29, 0.717) is 5.13 Å². The lowest BCUT2D eigenvalue weighted by molar-refractivity contribution is -0.114. The Hall–Kier alpha value is -2.54. The van der Waals surface area contributed by atoms with Crippen LogP contribution in [0.5, 0.6) is 0 Å². The summed E-state index contributed by atoms with van der Waals surface area (Å²) >= 11 is 1.54. The Morgan fingerprint density at radius 2 is 2.15 bits per heavy atom. The first-order valence-electron chi connectivity index (χ1n) is 9.43. The summed E-state index contributed by atoms with van der Waals surface area (Å²) in [5.41, 5.74) is 6.64. The van der Waals surface area contributed by atoms with Gasteiger partial charge in [0.15, 0.2) is 5.13 Å². The van der Waals surface area contributed by atoms with Gasteiger partial charge in [-0.15, -0.1) is 0 Å². The van der Waals surface area contributed by atoms with Crippen molar-refractivity contribution in [2.45, 2.75) is 53.0 Å². The van der Waals surface area contributed by atoms with E-state index in [2.05, 4.69) is 45.9 Å². The maximum atomic E-state index is 11.4. The van der Waals surface area contributed by atoms with Crippen molar-refractivity contribution in [3.63, 3.8) is 0 Å². The topological polar surface area (TPSA) is 72.7 Å². The third kappa shape index (κ3) is 3.27. The summed E-state index contributed by atoms with van der Waals surface area (Å²) in [6, 6.07) is 4.20. The normalized spacial score (nSPS) is 13.0. The molecule has 3 heterocycles. The quantitative estimate of drug-likeness (QED) is 0.738. The highest BCUT2D eigenvalue weighted by Crippen LogP contribution is 2.42. The Kier molecular flexibility index (Phi) is 4.78. The number of hydrogen-bond acceptors (Lipinski definition) is 5. The molecular formula is C20H23N5OS. The molecule has 7 heteroatoms. The summed E-state index contributed by atoms with van der Waals surface area (Å²) in [7, 11) is 0. The zero-order chi connectivity index (χ0) is 19.0. The maximum Gasteiger partial charge on any atom is 0.223 e. The van der Waals surface area contributed by atoms with Crippen LogP contribution in [-0.4, -0.2) is 25.7 Å². The van der Waals surface area contributed by atoms with Crippen LogP contribution in [0.25, 0.3) is 21.8 Å². The second-order valence-electron chi connectivity index (χ2n) is 6.71. The minimum atomic E-state index is -0.0918. The monoisotopic (exact) mass is 381 g/mol. The number of carbonyl (C=O) groups is 1. The summed E-state index contributed by atoms with van der Waals surface area (Å²) in [6.45, 7) is 6.52. The van der Waals surface area contributed by atoms with Gasteiger partial charge in [-0.25, -0.2) is 4.98 Å². The van der Waals surface area contributed by atoms with E-state index in [4.69, 9.17) is 5.10 Å². The van der Waals surface area contributed by atoms with Crippen molar-refractivity contribution >= 4 is 22.4 Å². The highest BCUT2D eigenvalue weighted by molar-refractivity contribution is 7.19. The van der Waals surface area contributed by atoms with Crippen LogP contribution in [0, 0.1) is 0 Å². The Labute approximate surface area is 162 Å². The van der Waals surface area contributed by atoms with Crippen LogP contribution < -0.4 is 5.32 Å². The van der Waals surface area contributed by atoms with Crippen LogP contribution in [0.15, 0.2) is 18.3 Å². The highest BCUT2D eigenvalue weighted by Gasteiger charge is 2.27. The number of fused-ring (bicyclic) bond motifs is 3. The first kappa shape index (κ1) is 17.9. The van der Waals surface area contributed by atoms with Gasteiger partial charge in [0.1, 0.15) is 0 Å². The van der Waals surface area contributed by atoms with Crippen molar-refractivity contribution in [3.8, 4) is 21.8 Å². The van der Waals surface area contributed by atoms with E-state index < -0.39 is 0 Å². The molecular weight excluding hydrogens is 358 g/mol. The molecule has 6 nitrogen and oxygen atoms in total. The molecule has 0 saturated carbocycles. The predicted octanol–water partition coefficient (Wildman–Crippen LogP) is 4.10. The molecule has 3 aromatic rings. The number of pyridine rings is 1. The van der Waals surface area contributed by atoms with E-state index >= 15 is 0 Å². The van der Waals surface area contributed by atoms with E-state index in [1.807, 2.05) is 6.20 Å². The minimum absolute atomic E-state index is 0.0918. The molecule has 1 aliphatic carbocycles.